The van der Waals surface area contributed by atoms with Gasteiger partial charge in [-0.3, -0.25) is 14.4 Å². The number of ether oxygens (including phenoxy) is 3. The molecule has 0 radical (unpaired) electrons. The molecule has 1 unspecified atom stereocenters. The summed E-state index contributed by atoms with van der Waals surface area (Å²) >= 11 is 0. The van der Waals surface area contributed by atoms with Crippen LogP contribution in [-0.2, 0) is 28.6 Å². The molecule has 1 atom stereocenters. The van der Waals surface area contributed by atoms with E-state index >= 15 is 0 Å². The van der Waals surface area contributed by atoms with Gasteiger partial charge in [0.2, 0.25) is 0 Å². The Bertz CT molecular complexity index is 1210. The van der Waals surface area contributed by atoms with Crippen molar-refractivity contribution in [3.05, 3.63) is 72.9 Å². The van der Waals surface area contributed by atoms with Crippen molar-refractivity contribution in [3.8, 4) is 0 Å². The van der Waals surface area contributed by atoms with Crippen molar-refractivity contribution in [3.63, 3.8) is 0 Å². The van der Waals surface area contributed by atoms with Crippen molar-refractivity contribution < 1.29 is 28.6 Å². The van der Waals surface area contributed by atoms with E-state index in [1.165, 1.54) is 128 Å². The molecule has 0 saturated heterocycles. The summed E-state index contributed by atoms with van der Waals surface area (Å²) < 4.78 is 16.8. The van der Waals surface area contributed by atoms with Crippen LogP contribution >= 0.6 is 0 Å². The Morgan fingerprint density at radius 3 is 1.02 bits per heavy atom. The van der Waals surface area contributed by atoms with Crippen molar-refractivity contribution in [1.82, 2.24) is 0 Å². The van der Waals surface area contributed by atoms with Gasteiger partial charge in [0.15, 0.2) is 6.10 Å². The quantitative estimate of drug-likeness (QED) is 0.0199. The van der Waals surface area contributed by atoms with Gasteiger partial charge in [0.05, 0.1) is 0 Å². The van der Waals surface area contributed by atoms with Crippen molar-refractivity contribution in [2.24, 2.45) is 0 Å². The summed E-state index contributed by atoms with van der Waals surface area (Å²) in [7, 11) is 0. The lowest BCUT2D eigenvalue weighted by Gasteiger charge is -2.18. The van der Waals surface area contributed by atoms with Gasteiger partial charge in [-0.25, -0.2) is 0 Å². The zero-order valence-electron chi connectivity index (χ0n) is 42.0. The standard InChI is InChI=1S/C58H100O6/c1-4-7-10-13-16-19-22-25-27-29-30-32-33-36-39-42-45-48-51-57(60)63-54-55(53-62-56(59)50-47-44-41-38-35-24-21-18-15-12-9-6-3)64-58(61)52-49-46-43-40-37-34-31-28-26-23-20-17-14-11-8-5-2/h10,13,16,18-19,21-22,25,27,29-30,32,55H,4-9,11-12,14-15,17,20,23-24,26,28,31,33-54H2,1-3H3/b13-10-,19-16-,21-18-,25-22-,29-27-,32-30-. The first-order valence-electron chi connectivity index (χ1n) is 27.0. The Morgan fingerprint density at radius 1 is 0.312 bits per heavy atom. The smallest absolute Gasteiger partial charge is 0.306 e. The van der Waals surface area contributed by atoms with Gasteiger partial charge in [-0.1, -0.05) is 248 Å². The third-order valence-electron chi connectivity index (χ3n) is 11.5. The Labute approximate surface area is 395 Å². The molecule has 0 aromatic carbocycles. The van der Waals surface area contributed by atoms with Crippen molar-refractivity contribution in [2.45, 2.75) is 264 Å². The lowest BCUT2D eigenvalue weighted by Crippen LogP contribution is -2.30. The molecular formula is C58H100O6. The van der Waals surface area contributed by atoms with Gasteiger partial charge >= 0.3 is 17.9 Å². The molecule has 0 aliphatic heterocycles. The normalized spacial score (nSPS) is 12.6. The number of unbranched alkanes of at least 4 members (excludes halogenated alkanes) is 29. The summed E-state index contributed by atoms with van der Waals surface area (Å²) in [6, 6.07) is 0. The fourth-order valence-electron chi connectivity index (χ4n) is 7.47. The Morgan fingerprint density at radius 2 is 0.609 bits per heavy atom. The highest BCUT2D eigenvalue weighted by molar-refractivity contribution is 5.71. The number of esters is 3. The SMILES string of the molecule is CCC\C=C/C=C\C=C/C=C\C=C/CCCCCCCC(=O)OCC(COC(=O)CCCCCCC/C=C\CCCCC)OC(=O)CCCCCCCCCCCCCCCCCC. The van der Waals surface area contributed by atoms with Gasteiger partial charge in [-0.05, 0) is 64.2 Å². The van der Waals surface area contributed by atoms with Crippen molar-refractivity contribution in [1.29, 1.82) is 0 Å². The predicted molar refractivity (Wildman–Crippen MR) is 274 cm³/mol. The summed E-state index contributed by atoms with van der Waals surface area (Å²) in [4.78, 5) is 38.0. The molecule has 6 nitrogen and oxygen atoms in total. The molecule has 0 bridgehead atoms. The van der Waals surface area contributed by atoms with Crippen LogP contribution in [0.2, 0.25) is 0 Å². The molecular weight excluding hydrogens is 793 g/mol. The van der Waals surface area contributed by atoms with Gasteiger partial charge in [0.25, 0.3) is 0 Å². The number of hydrogen-bond donors (Lipinski definition) is 0. The minimum absolute atomic E-state index is 0.0866. The van der Waals surface area contributed by atoms with E-state index in [4.69, 9.17) is 14.2 Å². The van der Waals surface area contributed by atoms with Gasteiger partial charge in [-0.15, -0.1) is 0 Å². The minimum atomic E-state index is -0.787. The first kappa shape index (κ1) is 60.9. The molecule has 0 fully saturated rings. The lowest BCUT2D eigenvalue weighted by atomic mass is 10.0. The molecule has 0 aromatic heterocycles. The third kappa shape index (κ3) is 49.9. The minimum Gasteiger partial charge on any atom is -0.462 e. The molecule has 0 N–H and O–H groups in total. The molecule has 0 aliphatic carbocycles. The van der Waals surface area contributed by atoms with Crippen LogP contribution in [0.3, 0.4) is 0 Å². The van der Waals surface area contributed by atoms with Crippen molar-refractivity contribution >= 4 is 17.9 Å². The monoisotopic (exact) mass is 893 g/mol. The second-order valence-corrected chi connectivity index (χ2v) is 17.9. The highest BCUT2D eigenvalue weighted by Crippen LogP contribution is 2.16. The highest BCUT2D eigenvalue weighted by atomic mass is 16.6. The van der Waals surface area contributed by atoms with E-state index in [0.29, 0.717) is 19.3 Å². The Kier molecular flexibility index (Phi) is 49.9. The van der Waals surface area contributed by atoms with Crippen LogP contribution < -0.4 is 0 Å². The van der Waals surface area contributed by atoms with Crippen LogP contribution in [0, 0.1) is 0 Å². The van der Waals surface area contributed by atoms with E-state index in [1.54, 1.807) is 0 Å². The number of hydrogen-bond acceptors (Lipinski definition) is 6. The lowest BCUT2D eigenvalue weighted by molar-refractivity contribution is -0.167. The van der Waals surface area contributed by atoms with Gasteiger partial charge in [-0.2, -0.15) is 0 Å². The Hall–Kier alpha value is -3.15. The maximum Gasteiger partial charge on any atom is 0.306 e. The molecule has 64 heavy (non-hydrogen) atoms. The number of carbonyl (C=O) groups excluding carboxylic acids is 3. The molecule has 0 spiro atoms. The van der Waals surface area contributed by atoms with Gasteiger partial charge < -0.3 is 14.2 Å². The molecule has 0 saturated carbocycles. The van der Waals surface area contributed by atoms with E-state index in [0.717, 1.165) is 89.9 Å². The molecule has 0 heterocycles. The second-order valence-electron chi connectivity index (χ2n) is 17.9. The van der Waals surface area contributed by atoms with E-state index in [2.05, 4.69) is 69.4 Å². The highest BCUT2D eigenvalue weighted by Gasteiger charge is 2.19. The van der Waals surface area contributed by atoms with Crippen LogP contribution in [0.4, 0.5) is 0 Å². The zero-order valence-corrected chi connectivity index (χ0v) is 42.0. The van der Waals surface area contributed by atoms with E-state index in [-0.39, 0.29) is 31.1 Å². The largest absolute Gasteiger partial charge is 0.462 e. The van der Waals surface area contributed by atoms with Gasteiger partial charge in [0.1, 0.15) is 13.2 Å². The van der Waals surface area contributed by atoms with Crippen LogP contribution in [0.5, 0.6) is 0 Å². The maximum atomic E-state index is 12.8. The summed E-state index contributed by atoms with van der Waals surface area (Å²) in [5, 5.41) is 0. The average molecular weight is 893 g/mol. The summed E-state index contributed by atoms with van der Waals surface area (Å²) in [6.07, 6.45) is 65.9. The second kappa shape index (κ2) is 52.5. The fourth-order valence-corrected chi connectivity index (χ4v) is 7.47. The maximum absolute atomic E-state index is 12.8. The molecule has 6 heteroatoms. The topological polar surface area (TPSA) is 78.9 Å². The first-order valence-corrected chi connectivity index (χ1v) is 27.0. The van der Waals surface area contributed by atoms with E-state index < -0.39 is 6.10 Å². The van der Waals surface area contributed by atoms with Crippen LogP contribution in [-0.4, -0.2) is 37.2 Å². The molecule has 0 amide bonds. The predicted octanol–water partition coefficient (Wildman–Crippen LogP) is 17.8. The van der Waals surface area contributed by atoms with Crippen LogP contribution in [0.25, 0.3) is 0 Å². The first-order chi connectivity index (χ1) is 31.5. The zero-order chi connectivity index (χ0) is 46.5. The fraction of sp³-hybridized carbons (Fsp3) is 0.741. The molecule has 0 aromatic rings. The summed E-state index contributed by atoms with van der Waals surface area (Å²) in [5.74, 6) is -0.914. The number of allylic oxidation sites excluding steroid dienone is 12. The third-order valence-corrected chi connectivity index (χ3v) is 11.5. The number of carbonyl (C=O) groups is 3. The number of rotatable bonds is 48. The average Bonchev–Trinajstić information content (AvgIpc) is 3.29. The van der Waals surface area contributed by atoms with Crippen molar-refractivity contribution in [2.75, 3.05) is 13.2 Å². The molecule has 0 aliphatic rings. The van der Waals surface area contributed by atoms with E-state index in [9.17, 15) is 14.4 Å². The van der Waals surface area contributed by atoms with Crippen LogP contribution in [0.1, 0.15) is 258 Å². The van der Waals surface area contributed by atoms with E-state index in [1.807, 2.05) is 24.3 Å². The summed E-state index contributed by atoms with van der Waals surface area (Å²) in [6.45, 7) is 6.51. The summed E-state index contributed by atoms with van der Waals surface area (Å²) in [5.41, 5.74) is 0. The molecule has 368 valence electrons. The van der Waals surface area contributed by atoms with Gasteiger partial charge in [0, 0.05) is 19.3 Å². The van der Waals surface area contributed by atoms with Crippen LogP contribution in [0.15, 0.2) is 72.9 Å². The Balaban J connectivity index is 4.42. The molecule has 0 rings (SSSR count).